The normalized spacial score (nSPS) is 9.81. The van der Waals surface area contributed by atoms with Crippen LogP contribution in [0.1, 0.15) is 119 Å². The molecule has 0 saturated carbocycles. The zero-order valence-corrected chi connectivity index (χ0v) is 32.0. The van der Waals surface area contributed by atoms with Gasteiger partial charge in [0.15, 0.2) is 0 Å². The van der Waals surface area contributed by atoms with Crippen molar-refractivity contribution in [1.29, 1.82) is 0 Å². The van der Waals surface area contributed by atoms with Crippen LogP contribution in [0.25, 0.3) is 16.0 Å². The fourth-order valence-corrected chi connectivity index (χ4v) is 4.81. The minimum atomic E-state index is -0.888. The molecule has 0 aliphatic rings. The molecule has 3 nitrogen and oxygen atoms in total. The van der Waals surface area contributed by atoms with Crippen LogP contribution >= 0.6 is 0 Å². The maximum absolute atomic E-state index is 4.35. The van der Waals surface area contributed by atoms with Crippen molar-refractivity contribution >= 4 is 18.7 Å². The summed E-state index contributed by atoms with van der Waals surface area (Å²) in [6, 6.07) is 8.73. The van der Waals surface area contributed by atoms with E-state index in [1.165, 1.54) is 77.0 Å². The first-order chi connectivity index (χ1) is 17.0. The third-order valence-corrected chi connectivity index (χ3v) is 8.98. The van der Waals surface area contributed by atoms with Crippen LogP contribution in [0.4, 0.5) is 0 Å². The average Bonchev–Trinajstić information content (AvgIpc) is 3.41. The molecule has 1 rings (SSSR count). The summed E-state index contributed by atoms with van der Waals surface area (Å²) in [5, 5.41) is 13.1. The molecule has 0 radical (unpaired) electrons. The van der Waals surface area contributed by atoms with Crippen LogP contribution in [0.2, 0.25) is 11.5 Å². The van der Waals surface area contributed by atoms with Crippen LogP contribution in [-0.2, 0) is 25.8 Å². The molecule has 0 spiro atoms. The van der Waals surface area contributed by atoms with Crippen molar-refractivity contribution in [3.63, 3.8) is 0 Å². The molecule has 0 N–H and O–H groups in total. The van der Waals surface area contributed by atoms with Crippen LogP contribution in [0.15, 0.2) is 24.3 Å². The molecular formula is C31H65GeHfN3. The number of unbranched alkanes of at least 4 members (excludes halogenated alkanes) is 6. The first kappa shape index (κ1) is 43.7. The second-order valence-electron chi connectivity index (χ2n) is 9.51. The Morgan fingerprint density at radius 1 is 0.472 bits per heavy atom. The molecule has 36 heavy (non-hydrogen) atoms. The van der Waals surface area contributed by atoms with Gasteiger partial charge >= 0.3 is 80.4 Å². The van der Waals surface area contributed by atoms with Gasteiger partial charge in [0.25, 0.3) is 0 Å². The second kappa shape index (κ2) is 42.7. The molecule has 5 heteroatoms. The summed E-state index contributed by atoms with van der Waals surface area (Å²) in [5.41, 5.74) is 0. The van der Waals surface area contributed by atoms with E-state index in [9.17, 15) is 0 Å². The summed E-state index contributed by atoms with van der Waals surface area (Å²) in [7, 11) is 0. The Morgan fingerprint density at radius 2 is 0.694 bits per heavy atom. The Morgan fingerprint density at radius 3 is 0.833 bits per heavy atom. The SMILES string of the molecule is CCCC[N-]CCCC.CCCC[N-]CCCC.CCCC[N-]CCCC.[CH3][GeH]([CH3])[c-]1cccc1.[Hf+4]. The van der Waals surface area contributed by atoms with Gasteiger partial charge < -0.3 is 16.0 Å². The predicted octanol–water partition coefficient (Wildman–Crippen LogP) is 9.98. The van der Waals surface area contributed by atoms with Crippen molar-refractivity contribution in [2.24, 2.45) is 0 Å². The van der Waals surface area contributed by atoms with E-state index in [2.05, 4.69) is 93.3 Å². The minimum absolute atomic E-state index is 0. The van der Waals surface area contributed by atoms with E-state index < -0.39 is 14.3 Å². The van der Waals surface area contributed by atoms with E-state index >= 15 is 0 Å². The van der Waals surface area contributed by atoms with Gasteiger partial charge in [-0.15, -0.1) is 39.3 Å². The quantitative estimate of drug-likeness (QED) is 0.0773. The van der Waals surface area contributed by atoms with E-state index in [1.807, 2.05) is 0 Å². The third kappa shape index (κ3) is 44.6. The molecule has 0 heterocycles. The Labute approximate surface area is 252 Å². The van der Waals surface area contributed by atoms with Crippen LogP contribution in [0.3, 0.4) is 0 Å². The van der Waals surface area contributed by atoms with Crippen molar-refractivity contribution in [3.05, 3.63) is 40.2 Å². The molecule has 0 bridgehead atoms. The Bertz CT molecular complexity index is 376. The molecule has 0 aliphatic heterocycles. The van der Waals surface area contributed by atoms with Crippen LogP contribution in [0, 0.1) is 0 Å². The third-order valence-electron chi connectivity index (χ3n) is 5.37. The van der Waals surface area contributed by atoms with Crippen molar-refractivity contribution < 1.29 is 25.8 Å². The molecular weight excluding hydrogens is 665 g/mol. The molecule has 0 saturated heterocycles. The topological polar surface area (TPSA) is 42.3 Å². The standard InChI is InChI=1S/3C8H18N.C7H11Ge.Hf/c3*1-3-5-7-9-8-6-4-2;1-8(2)7-5-3-4-6-7;/h3*3-8H2,1-2H3;3-6,8H,1-2H3;/q4*-1;+4. The van der Waals surface area contributed by atoms with Crippen molar-refractivity contribution in [1.82, 2.24) is 0 Å². The van der Waals surface area contributed by atoms with E-state index in [0.717, 1.165) is 39.3 Å². The average molecular weight is 731 g/mol. The summed E-state index contributed by atoms with van der Waals surface area (Å²) in [6.07, 6.45) is 15.2. The summed E-state index contributed by atoms with van der Waals surface area (Å²) < 4.78 is 1.62. The largest absolute Gasteiger partial charge is 4.00 e. The van der Waals surface area contributed by atoms with E-state index in [0.29, 0.717) is 0 Å². The molecule has 0 fully saturated rings. The maximum Gasteiger partial charge on any atom is 4.00 e. The predicted molar refractivity (Wildman–Crippen MR) is 169 cm³/mol. The second-order valence-corrected chi connectivity index (χ2v) is 15.8. The number of hydrogen-bond donors (Lipinski definition) is 0. The molecule has 0 aromatic heterocycles. The van der Waals surface area contributed by atoms with Gasteiger partial charge in [0.05, 0.1) is 0 Å². The van der Waals surface area contributed by atoms with E-state index in [4.69, 9.17) is 0 Å². The van der Waals surface area contributed by atoms with Crippen LogP contribution in [-0.4, -0.2) is 53.6 Å². The monoisotopic (exact) mass is 733 g/mol. The van der Waals surface area contributed by atoms with Gasteiger partial charge in [-0.1, -0.05) is 119 Å². The zero-order valence-electron chi connectivity index (χ0n) is 26.0. The van der Waals surface area contributed by atoms with Crippen LogP contribution < -0.4 is 4.40 Å². The van der Waals surface area contributed by atoms with Gasteiger partial charge in [0.1, 0.15) is 0 Å². The molecule has 1 aromatic rings. The van der Waals surface area contributed by atoms with Gasteiger partial charge in [0, 0.05) is 0 Å². The summed E-state index contributed by atoms with van der Waals surface area (Å²) in [5.74, 6) is 4.78. The van der Waals surface area contributed by atoms with E-state index in [-0.39, 0.29) is 25.8 Å². The summed E-state index contributed by atoms with van der Waals surface area (Å²) >= 11 is -0.888. The molecule has 0 unspecified atom stereocenters. The van der Waals surface area contributed by atoms with Crippen molar-refractivity contribution in [2.75, 3.05) is 39.3 Å². The Kier molecular flexibility index (Phi) is 51.8. The Hall–Kier alpha value is 0.643. The number of nitrogens with zero attached hydrogens (tertiary/aromatic N) is 3. The van der Waals surface area contributed by atoms with Gasteiger partial charge in [-0.05, 0) is 0 Å². The van der Waals surface area contributed by atoms with E-state index in [1.54, 1.807) is 4.40 Å². The zero-order chi connectivity index (χ0) is 26.8. The number of hydrogen-bond acceptors (Lipinski definition) is 0. The molecule has 0 atom stereocenters. The molecule has 212 valence electrons. The molecule has 1 aromatic carbocycles. The van der Waals surface area contributed by atoms with Crippen molar-refractivity contribution in [2.45, 2.75) is 130 Å². The molecule has 0 amide bonds. The van der Waals surface area contributed by atoms with Gasteiger partial charge in [-0.25, -0.2) is 0 Å². The number of rotatable bonds is 19. The fourth-order valence-electron chi connectivity index (χ4n) is 2.73. The summed E-state index contributed by atoms with van der Waals surface area (Å²) in [6.45, 7) is 19.7. The van der Waals surface area contributed by atoms with Gasteiger partial charge in [-0.2, -0.15) is 0 Å². The van der Waals surface area contributed by atoms with Gasteiger partial charge in [-0.3, -0.25) is 0 Å². The van der Waals surface area contributed by atoms with Crippen LogP contribution in [0.5, 0.6) is 0 Å². The van der Waals surface area contributed by atoms with Gasteiger partial charge in [0.2, 0.25) is 0 Å². The summed E-state index contributed by atoms with van der Waals surface area (Å²) in [4.78, 5) is 0. The van der Waals surface area contributed by atoms with Crippen molar-refractivity contribution in [3.8, 4) is 0 Å². The Balaban J connectivity index is -0.000000188. The fraction of sp³-hybridized carbons (Fsp3) is 0.839. The maximum atomic E-state index is 4.35. The smallest absolute Gasteiger partial charge is 4.00 e. The minimum Gasteiger partial charge on any atom is 4.00 e. The molecule has 0 aliphatic carbocycles. The first-order valence-corrected chi connectivity index (χ1v) is 21.2. The first-order valence-electron chi connectivity index (χ1n) is 15.2.